The summed E-state index contributed by atoms with van der Waals surface area (Å²) in [6.07, 6.45) is 2.15. The standard InChI is InChI=1S/C12H13ClN2O/c1-7-4-8(13)5-9-10(7)16-11(15-9)12(6-14)2-3-12/h4-5H,2-3,6,14H2,1H3. The lowest BCUT2D eigenvalue weighted by molar-refractivity contribution is 0.461. The first-order valence-electron chi connectivity index (χ1n) is 5.42. The van der Waals surface area contributed by atoms with Crippen LogP contribution in [0.5, 0.6) is 0 Å². The fraction of sp³-hybridized carbons (Fsp3) is 0.417. The lowest BCUT2D eigenvalue weighted by atomic mass is 10.1. The van der Waals surface area contributed by atoms with Crippen molar-refractivity contribution in [2.45, 2.75) is 25.2 Å². The highest BCUT2D eigenvalue weighted by Crippen LogP contribution is 2.47. The number of hydrogen-bond acceptors (Lipinski definition) is 3. The Labute approximate surface area is 98.6 Å². The van der Waals surface area contributed by atoms with Gasteiger partial charge in [-0.2, -0.15) is 0 Å². The predicted octanol–water partition coefficient (Wildman–Crippen LogP) is 2.78. The number of oxazole rings is 1. The van der Waals surface area contributed by atoms with Gasteiger partial charge in [-0.15, -0.1) is 0 Å². The van der Waals surface area contributed by atoms with Crippen LogP contribution in [-0.4, -0.2) is 11.5 Å². The third-order valence-electron chi connectivity index (χ3n) is 3.34. The minimum Gasteiger partial charge on any atom is -0.440 e. The molecule has 0 spiro atoms. The van der Waals surface area contributed by atoms with Gasteiger partial charge in [0.15, 0.2) is 5.58 Å². The summed E-state index contributed by atoms with van der Waals surface area (Å²) >= 11 is 5.99. The van der Waals surface area contributed by atoms with Gasteiger partial charge in [-0.1, -0.05) is 11.6 Å². The smallest absolute Gasteiger partial charge is 0.202 e. The second-order valence-corrected chi connectivity index (χ2v) is 5.01. The number of nitrogens with two attached hydrogens (primary N) is 1. The molecule has 0 bridgehead atoms. The lowest BCUT2D eigenvalue weighted by Gasteiger charge is -2.04. The summed E-state index contributed by atoms with van der Waals surface area (Å²) in [5, 5.41) is 0.697. The molecule has 0 radical (unpaired) electrons. The van der Waals surface area contributed by atoms with Crippen LogP contribution in [0, 0.1) is 6.92 Å². The van der Waals surface area contributed by atoms with E-state index in [1.54, 1.807) is 0 Å². The molecule has 1 aromatic carbocycles. The summed E-state index contributed by atoms with van der Waals surface area (Å²) in [6, 6.07) is 3.73. The topological polar surface area (TPSA) is 52.0 Å². The number of aromatic nitrogens is 1. The van der Waals surface area contributed by atoms with Crippen LogP contribution in [-0.2, 0) is 5.41 Å². The van der Waals surface area contributed by atoms with E-state index in [9.17, 15) is 0 Å². The minimum atomic E-state index is -0.00205. The Hall–Kier alpha value is -1.06. The zero-order valence-corrected chi connectivity index (χ0v) is 9.84. The van der Waals surface area contributed by atoms with Crippen molar-refractivity contribution in [1.82, 2.24) is 4.98 Å². The summed E-state index contributed by atoms with van der Waals surface area (Å²) in [4.78, 5) is 4.51. The van der Waals surface area contributed by atoms with Gasteiger partial charge in [-0.3, -0.25) is 0 Å². The SMILES string of the molecule is Cc1cc(Cl)cc2nc(C3(CN)CC3)oc12. The van der Waals surface area contributed by atoms with Crippen LogP contribution in [0.1, 0.15) is 24.3 Å². The molecule has 0 atom stereocenters. The van der Waals surface area contributed by atoms with Crippen LogP contribution in [0.2, 0.25) is 5.02 Å². The first-order chi connectivity index (χ1) is 7.64. The number of rotatable bonds is 2. The first-order valence-corrected chi connectivity index (χ1v) is 5.80. The van der Waals surface area contributed by atoms with Gasteiger partial charge in [-0.25, -0.2) is 4.98 Å². The first kappa shape index (κ1) is 10.1. The predicted molar refractivity (Wildman–Crippen MR) is 63.7 cm³/mol. The maximum absolute atomic E-state index is 5.99. The van der Waals surface area contributed by atoms with Crippen molar-refractivity contribution < 1.29 is 4.42 Å². The van der Waals surface area contributed by atoms with Crippen molar-refractivity contribution in [1.29, 1.82) is 0 Å². The average molecular weight is 237 g/mol. The second kappa shape index (κ2) is 3.22. The monoisotopic (exact) mass is 236 g/mol. The molecule has 1 heterocycles. The molecular formula is C12H13ClN2O. The van der Waals surface area contributed by atoms with Crippen molar-refractivity contribution in [2.75, 3.05) is 6.54 Å². The van der Waals surface area contributed by atoms with Crippen molar-refractivity contribution in [2.24, 2.45) is 5.73 Å². The molecule has 1 aliphatic rings. The molecule has 1 saturated carbocycles. The highest BCUT2D eigenvalue weighted by Gasteiger charge is 2.47. The number of nitrogens with zero attached hydrogens (tertiary/aromatic N) is 1. The van der Waals surface area contributed by atoms with Crippen molar-refractivity contribution in [3.05, 3.63) is 28.6 Å². The fourth-order valence-corrected chi connectivity index (χ4v) is 2.31. The normalized spacial score (nSPS) is 17.9. The highest BCUT2D eigenvalue weighted by molar-refractivity contribution is 6.31. The Morgan fingerprint density at radius 1 is 1.50 bits per heavy atom. The van der Waals surface area contributed by atoms with E-state index in [1.165, 1.54) is 0 Å². The number of aryl methyl sites for hydroxylation is 1. The number of halogens is 1. The van der Waals surface area contributed by atoms with E-state index in [2.05, 4.69) is 4.98 Å². The molecule has 0 aliphatic heterocycles. The van der Waals surface area contributed by atoms with Gasteiger partial charge >= 0.3 is 0 Å². The van der Waals surface area contributed by atoms with Gasteiger partial charge in [0.25, 0.3) is 0 Å². The van der Waals surface area contributed by atoms with Crippen molar-refractivity contribution in [3.8, 4) is 0 Å². The van der Waals surface area contributed by atoms with Gasteiger partial charge in [-0.05, 0) is 37.5 Å². The van der Waals surface area contributed by atoms with Gasteiger partial charge in [0.2, 0.25) is 5.89 Å². The van der Waals surface area contributed by atoms with Crippen molar-refractivity contribution in [3.63, 3.8) is 0 Å². The van der Waals surface area contributed by atoms with E-state index in [4.69, 9.17) is 21.8 Å². The molecule has 0 saturated heterocycles. The van der Waals surface area contributed by atoms with Gasteiger partial charge in [0.1, 0.15) is 5.52 Å². The molecule has 4 heteroatoms. The summed E-state index contributed by atoms with van der Waals surface area (Å²) < 4.78 is 5.82. The molecule has 0 unspecified atom stereocenters. The van der Waals surface area contributed by atoms with E-state index in [1.807, 2.05) is 19.1 Å². The molecule has 2 N–H and O–H groups in total. The molecule has 3 nitrogen and oxygen atoms in total. The van der Waals surface area contributed by atoms with Crippen molar-refractivity contribution >= 4 is 22.7 Å². The Morgan fingerprint density at radius 2 is 2.25 bits per heavy atom. The molecule has 2 aromatic rings. The van der Waals surface area contributed by atoms with Crippen LogP contribution in [0.15, 0.2) is 16.5 Å². The Bertz CT molecular complexity index is 557. The van der Waals surface area contributed by atoms with E-state index in [-0.39, 0.29) is 5.41 Å². The summed E-state index contributed by atoms with van der Waals surface area (Å²) in [6.45, 7) is 2.58. The van der Waals surface area contributed by atoms with E-state index >= 15 is 0 Å². The van der Waals surface area contributed by atoms with Crippen LogP contribution in [0.3, 0.4) is 0 Å². The zero-order valence-electron chi connectivity index (χ0n) is 9.09. The fourth-order valence-electron chi connectivity index (χ4n) is 2.04. The Kier molecular flexibility index (Phi) is 2.03. The van der Waals surface area contributed by atoms with Gasteiger partial charge < -0.3 is 10.2 Å². The van der Waals surface area contributed by atoms with Crippen LogP contribution >= 0.6 is 11.6 Å². The largest absolute Gasteiger partial charge is 0.440 e. The number of benzene rings is 1. The Balaban J connectivity index is 2.20. The molecule has 16 heavy (non-hydrogen) atoms. The Morgan fingerprint density at radius 3 is 2.88 bits per heavy atom. The van der Waals surface area contributed by atoms with E-state index in [0.717, 1.165) is 35.4 Å². The molecule has 1 aliphatic carbocycles. The van der Waals surface area contributed by atoms with Crippen LogP contribution in [0.25, 0.3) is 11.1 Å². The third kappa shape index (κ3) is 1.35. The highest BCUT2D eigenvalue weighted by atomic mass is 35.5. The quantitative estimate of drug-likeness (QED) is 0.872. The van der Waals surface area contributed by atoms with E-state index < -0.39 is 0 Å². The maximum Gasteiger partial charge on any atom is 0.202 e. The van der Waals surface area contributed by atoms with Gasteiger partial charge in [0, 0.05) is 11.6 Å². The molecule has 3 rings (SSSR count). The van der Waals surface area contributed by atoms with Crippen LogP contribution in [0.4, 0.5) is 0 Å². The molecule has 1 aromatic heterocycles. The molecule has 84 valence electrons. The van der Waals surface area contributed by atoms with Crippen LogP contribution < -0.4 is 5.73 Å². The minimum absolute atomic E-state index is 0.00205. The average Bonchev–Trinajstić information content (AvgIpc) is 2.93. The molecular weight excluding hydrogens is 224 g/mol. The lowest BCUT2D eigenvalue weighted by Crippen LogP contribution is -2.19. The third-order valence-corrected chi connectivity index (χ3v) is 3.56. The number of fused-ring (bicyclic) bond motifs is 1. The number of hydrogen-bond donors (Lipinski definition) is 1. The zero-order chi connectivity index (χ0) is 11.3. The van der Waals surface area contributed by atoms with E-state index in [0.29, 0.717) is 11.6 Å². The summed E-state index contributed by atoms with van der Waals surface area (Å²) in [5.74, 6) is 0.773. The molecule has 0 amide bonds. The molecule has 1 fully saturated rings. The maximum atomic E-state index is 5.99. The summed E-state index contributed by atoms with van der Waals surface area (Å²) in [7, 11) is 0. The summed E-state index contributed by atoms with van der Waals surface area (Å²) in [5.41, 5.74) is 8.45. The van der Waals surface area contributed by atoms with Gasteiger partial charge in [0.05, 0.1) is 5.41 Å². The second-order valence-electron chi connectivity index (χ2n) is 4.57.